The maximum Gasteiger partial charge on any atom is 0.00455 e. The highest BCUT2D eigenvalue weighted by Crippen LogP contribution is 2.58. The summed E-state index contributed by atoms with van der Waals surface area (Å²) in [6.45, 7) is 8.09. The molecule has 0 unspecified atom stereocenters. The fourth-order valence-corrected chi connectivity index (χ4v) is 5.26. The minimum absolute atomic E-state index is 0.183. The Bertz CT molecular complexity index is 730. The van der Waals surface area contributed by atoms with Crippen molar-refractivity contribution in [3.8, 4) is 0 Å². The van der Waals surface area contributed by atoms with E-state index in [9.17, 15) is 0 Å². The zero-order valence-corrected chi connectivity index (χ0v) is 13.7. The van der Waals surface area contributed by atoms with Gasteiger partial charge in [0.05, 0.1) is 0 Å². The summed E-state index contributed by atoms with van der Waals surface area (Å²) in [5.41, 5.74) is 6.63. The number of benzene rings is 2. The minimum atomic E-state index is 0.183. The second-order valence-corrected chi connectivity index (χ2v) is 7.39. The molecule has 4 rings (SSSR count). The Morgan fingerprint density at radius 1 is 0.783 bits per heavy atom. The van der Waals surface area contributed by atoms with Crippen LogP contribution in [0.5, 0.6) is 0 Å². The van der Waals surface area contributed by atoms with Gasteiger partial charge in [0.2, 0.25) is 0 Å². The van der Waals surface area contributed by atoms with E-state index in [1.807, 2.05) is 0 Å². The zero-order chi connectivity index (χ0) is 15.9. The molecule has 116 valence electrons. The van der Waals surface area contributed by atoms with E-state index in [1.165, 1.54) is 36.0 Å². The van der Waals surface area contributed by atoms with Crippen molar-refractivity contribution < 1.29 is 0 Å². The molecule has 0 aromatic heterocycles. The van der Waals surface area contributed by atoms with Crippen molar-refractivity contribution in [1.82, 2.24) is 0 Å². The summed E-state index contributed by atoms with van der Waals surface area (Å²) in [4.78, 5) is 0. The molecule has 0 fully saturated rings. The quantitative estimate of drug-likeness (QED) is 0.652. The summed E-state index contributed by atoms with van der Waals surface area (Å²) in [6.07, 6.45) is 9.84. The SMILES string of the molecule is C=CCC1(CC=C)CC2(Cc3ccccc3C2)c2ccccc21. The van der Waals surface area contributed by atoms with Crippen molar-refractivity contribution in [1.29, 1.82) is 0 Å². The average Bonchev–Trinajstić information content (AvgIpc) is 3.05. The third-order valence-electron chi connectivity index (χ3n) is 5.99. The third-order valence-corrected chi connectivity index (χ3v) is 5.99. The highest BCUT2D eigenvalue weighted by molar-refractivity contribution is 5.52. The highest BCUT2D eigenvalue weighted by Gasteiger charge is 2.52. The van der Waals surface area contributed by atoms with Crippen LogP contribution in [-0.2, 0) is 23.7 Å². The van der Waals surface area contributed by atoms with Crippen molar-refractivity contribution >= 4 is 0 Å². The molecule has 0 heterocycles. The Balaban J connectivity index is 1.86. The monoisotopic (exact) mass is 300 g/mol. The van der Waals surface area contributed by atoms with Crippen molar-refractivity contribution in [2.75, 3.05) is 0 Å². The Morgan fingerprint density at radius 2 is 1.30 bits per heavy atom. The topological polar surface area (TPSA) is 0 Å². The maximum absolute atomic E-state index is 4.04. The lowest BCUT2D eigenvalue weighted by molar-refractivity contribution is 0.326. The fourth-order valence-electron chi connectivity index (χ4n) is 5.26. The van der Waals surface area contributed by atoms with Crippen LogP contribution in [0.1, 0.15) is 41.5 Å². The molecule has 0 radical (unpaired) electrons. The molecule has 0 aliphatic heterocycles. The molecule has 0 amide bonds. The van der Waals surface area contributed by atoms with Crippen LogP contribution in [0.3, 0.4) is 0 Å². The molecule has 0 saturated heterocycles. The number of hydrogen-bond acceptors (Lipinski definition) is 0. The van der Waals surface area contributed by atoms with Gasteiger partial charge in [-0.15, -0.1) is 13.2 Å². The molecule has 0 bridgehead atoms. The second kappa shape index (κ2) is 5.23. The van der Waals surface area contributed by atoms with E-state index in [0.717, 1.165) is 12.8 Å². The first kappa shape index (κ1) is 14.5. The Labute approximate surface area is 139 Å². The molecule has 23 heavy (non-hydrogen) atoms. The summed E-state index contributed by atoms with van der Waals surface area (Å²) < 4.78 is 0. The molecule has 2 aromatic rings. The van der Waals surface area contributed by atoms with Gasteiger partial charge in [-0.1, -0.05) is 60.7 Å². The average molecular weight is 300 g/mol. The normalized spacial score (nSPS) is 19.3. The minimum Gasteiger partial charge on any atom is -0.103 e. The zero-order valence-electron chi connectivity index (χ0n) is 13.7. The summed E-state index contributed by atoms with van der Waals surface area (Å²) in [5, 5.41) is 0. The largest absolute Gasteiger partial charge is 0.103 e. The molecule has 2 aliphatic carbocycles. The molecule has 0 saturated carbocycles. The Kier molecular flexibility index (Phi) is 3.30. The molecule has 0 heteroatoms. The van der Waals surface area contributed by atoms with Crippen LogP contribution in [0.2, 0.25) is 0 Å². The van der Waals surface area contributed by atoms with E-state index in [4.69, 9.17) is 0 Å². The molecule has 0 atom stereocenters. The summed E-state index contributed by atoms with van der Waals surface area (Å²) in [7, 11) is 0. The Hall–Kier alpha value is -2.08. The lowest BCUT2D eigenvalue weighted by Gasteiger charge is -2.31. The lowest BCUT2D eigenvalue weighted by Crippen LogP contribution is -2.29. The molecule has 1 spiro atoms. The van der Waals surface area contributed by atoms with Gasteiger partial charge in [-0.3, -0.25) is 0 Å². The van der Waals surface area contributed by atoms with Crippen molar-refractivity contribution in [3.63, 3.8) is 0 Å². The summed E-state index contributed by atoms with van der Waals surface area (Å²) >= 11 is 0. The molecule has 0 N–H and O–H groups in total. The number of allylic oxidation sites excluding steroid dienone is 2. The number of hydrogen-bond donors (Lipinski definition) is 0. The van der Waals surface area contributed by atoms with Gasteiger partial charge in [0.15, 0.2) is 0 Å². The molecular weight excluding hydrogens is 276 g/mol. The van der Waals surface area contributed by atoms with Crippen LogP contribution in [0.15, 0.2) is 73.8 Å². The third kappa shape index (κ3) is 2.05. The van der Waals surface area contributed by atoms with Gasteiger partial charge in [-0.25, -0.2) is 0 Å². The van der Waals surface area contributed by atoms with Gasteiger partial charge in [-0.2, -0.15) is 0 Å². The van der Waals surface area contributed by atoms with Crippen molar-refractivity contribution in [2.24, 2.45) is 0 Å². The van der Waals surface area contributed by atoms with Crippen LogP contribution in [0.4, 0.5) is 0 Å². The smallest absolute Gasteiger partial charge is 0.00455 e. The Morgan fingerprint density at radius 3 is 1.87 bits per heavy atom. The van der Waals surface area contributed by atoms with E-state index in [2.05, 4.69) is 73.8 Å². The fraction of sp³-hybridized carbons (Fsp3) is 0.304. The van der Waals surface area contributed by atoms with Crippen LogP contribution >= 0.6 is 0 Å². The van der Waals surface area contributed by atoms with Crippen LogP contribution in [0.25, 0.3) is 0 Å². The van der Waals surface area contributed by atoms with Gasteiger partial charge in [0.25, 0.3) is 0 Å². The maximum atomic E-state index is 4.04. The summed E-state index contributed by atoms with van der Waals surface area (Å²) in [5.74, 6) is 0. The number of fused-ring (bicyclic) bond motifs is 3. The van der Waals surface area contributed by atoms with Crippen molar-refractivity contribution in [3.05, 3.63) is 96.1 Å². The van der Waals surface area contributed by atoms with E-state index < -0.39 is 0 Å². The van der Waals surface area contributed by atoms with E-state index in [1.54, 1.807) is 5.56 Å². The second-order valence-electron chi connectivity index (χ2n) is 7.39. The predicted molar refractivity (Wildman–Crippen MR) is 97.9 cm³/mol. The standard InChI is InChI=1S/C23H24/c1-3-13-22(14-4-2)17-23(21-12-8-7-11-20(21)22)15-18-9-5-6-10-19(18)16-23/h3-12H,1-2,13-17H2. The van der Waals surface area contributed by atoms with Gasteiger partial charge < -0.3 is 0 Å². The first-order valence-electron chi connectivity index (χ1n) is 8.62. The van der Waals surface area contributed by atoms with Gasteiger partial charge in [0, 0.05) is 10.8 Å². The van der Waals surface area contributed by atoms with Gasteiger partial charge in [0.1, 0.15) is 0 Å². The molecule has 2 aromatic carbocycles. The van der Waals surface area contributed by atoms with Crippen LogP contribution < -0.4 is 0 Å². The first-order chi connectivity index (χ1) is 11.2. The number of rotatable bonds is 4. The highest BCUT2D eigenvalue weighted by atomic mass is 14.6. The van der Waals surface area contributed by atoms with Crippen LogP contribution in [-0.4, -0.2) is 0 Å². The van der Waals surface area contributed by atoms with Crippen LogP contribution in [0, 0.1) is 0 Å². The van der Waals surface area contributed by atoms with Gasteiger partial charge >= 0.3 is 0 Å². The molecule has 2 aliphatic rings. The molecule has 0 nitrogen and oxygen atoms in total. The van der Waals surface area contributed by atoms with E-state index in [-0.39, 0.29) is 10.8 Å². The lowest BCUT2D eigenvalue weighted by atomic mass is 9.71. The van der Waals surface area contributed by atoms with Gasteiger partial charge in [-0.05, 0) is 54.4 Å². The van der Waals surface area contributed by atoms with Crippen molar-refractivity contribution in [2.45, 2.75) is 42.9 Å². The van der Waals surface area contributed by atoms with E-state index in [0.29, 0.717) is 0 Å². The summed E-state index contributed by atoms with van der Waals surface area (Å²) in [6, 6.07) is 18.1. The molecular formula is C23H24. The first-order valence-corrected chi connectivity index (χ1v) is 8.62. The predicted octanol–water partition coefficient (Wildman–Crippen LogP) is 5.52. The van der Waals surface area contributed by atoms with E-state index >= 15 is 0 Å².